The number of hydrogen-bond donors (Lipinski definition) is 2. The SMILES string of the molecule is COC(=O)[C@H](Cc1ccc(C(C)(C)C)cc1)NC(=O)[C@H](O)CC(C)C. The van der Waals surface area contributed by atoms with E-state index in [-0.39, 0.29) is 11.3 Å². The van der Waals surface area contributed by atoms with Crippen molar-refractivity contribution >= 4 is 11.9 Å². The number of hydrogen-bond acceptors (Lipinski definition) is 4. The van der Waals surface area contributed by atoms with Crippen LogP contribution in [0.15, 0.2) is 24.3 Å². The number of benzene rings is 1. The van der Waals surface area contributed by atoms with E-state index in [0.717, 1.165) is 5.56 Å². The molecule has 0 fully saturated rings. The Bertz CT molecular complexity index is 572. The van der Waals surface area contributed by atoms with Gasteiger partial charge in [-0.2, -0.15) is 0 Å². The predicted octanol–water partition coefficient (Wildman–Crippen LogP) is 2.59. The van der Waals surface area contributed by atoms with Crippen LogP contribution in [0.25, 0.3) is 0 Å². The van der Waals surface area contributed by atoms with Gasteiger partial charge in [0, 0.05) is 6.42 Å². The molecule has 0 aliphatic carbocycles. The number of aliphatic hydroxyl groups is 1. The Labute approximate surface area is 150 Å². The fourth-order valence-electron chi connectivity index (χ4n) is 2.53. The summed E-state index contributed by atoms with van der Waals surface area (Å²) >= 11 is 0. The number of amides is 1. The van der Waals surface area contributed by atoms with Gasteiger partial charge in [0.05, 0.1) is 7.11 Å². The van der Waals surface area contributed by atoms with Gasteiger partial charge in [-0.25, -0.2) is 4.79 Å². The van der Waals surface area contributed by atoms with Gasteiger partial charge in [0.1, 0.15) is 12.1 Å². The molecular weight excluding hydrogens is 318 g/mol. The number of nitrogens with one attached hydrogen (secondary N) is 1. The Hall–Kier alpha value is -1.88. The minimum absolute atomic E-state index is 0.0510. The Balaban J connectivity index is 2.83. The molecule has 1 amide bonds. The van der Waals surface area contributed by atoms with Crippen molar-refractivity contribution in [3.63, 3.8) is 0 Å². The van der Waals surface area contributed by atoms with Crippen LogP contribution >= 0.6 is 0 Å². The quantitative estimate of drug-likeness (QED) is 0.742. The lowest BCUT2D eigenvalue weighted by atomic mass is 9.86. The number of methoxy groups -OCH3 is 1. The highest BCUT2D eigenvalue weighted by Gasteiger charge is 2.26. The first-order valence-corrected chi connectivity index (χ1v) is 8.70. The van der Waals surface area contributed by atoms with Gasteiger partial charge in [-0.15, -0.1) is 0 Å². The van der Waals surface area contributed by atoms with Crippen molar-refractivity contribution in [2.45, 2.75) is 65.0 Å². The van der Waals surface area contributed by atoms with Gasteiger partial charge in [-0.1, -0.05) is 58.9 Å². The zero-order valence-corrected chi connectivity index (χ0v) is 16.1. The van der Waals surface area contributed by atoms with Gasteiger partial charge in [0.2, 0.25) is 5.91 Å². The number of rotatable bonds is 7. The molecule has 2 N–H and O–H groups in total. The van der Waals surface area contributed by atoms with Crippen molar-refractivity contribution in [2.75, 3.05) is 7.11 Å². The fourth-order valence-corrected chi connectivity index (χ4v) is 2.53. The molecular formula is C20H31NO4. The van der Waals surface area contributed by atoms with Crippen LogP contribution in [0.4, 0.5) is 0 Å². The molecule has 0 saturated heterocycles. The van der Waals surface area contributed by atoms with Crippen LogP contribution in [0.3, 0.4) is 0 Å². The molecule has 0 unspecified atom stereocenters. The van der Waals surface area contributed by atoms with E-state index in [9.17, 15) is 14.7 Å². The van der Waals surface area contributed by atoms with Crippen LogP contribution < -0.4 is 5.32 Å². The monoisotopic (exact) mass is 349 g/mol. The van der Waals surface area contributed by atoms with Gasteiger partial charge < -0.3 is 15.2 Å². The van der Waals surface area contributed by atoms with Crippen molar-refractivity contribution in [3.05, 3.63) is 35.4 Å². The summed E-state index contributed by atoms with van der Waals surface area (Å²) < 4.78 is 4.79. The number of aliphatic hydroxyl groups excluding tert-OH is 1. The number of esters is 1. The zero-order chi connectivity index (χ0) is 19.2. The van der Waals surface area contributed by atoms with Crippen LogP contribution in [0.1, 0.15) is 52.2 Å². The van der Waals surface area contributed by atoms with Crippen LogP contribution in [-0.2, 0) is 26.2 Å². The second kappa shape index (κ2) is 8.99. The minimum Gasteiger partial charge on any atom is -0.467 e. The maximum Gasteiger partial charge on any atom is 0.328 e. The van der Waals surface area contributed by atoms with Gasteiger partial charge in [0.15, 0.2) is 0 Å². The summed E-state index contributed by atoms with van der Waals surface area (Å²) in [6.45, 7) is 10.2. The lowest BCUT2D eigenvalue weighted by molar-refractivity contribution is -0.146. The smallest absolute Gasteiger partial charge is 0.328 e. The maximum absolute atomic E-state index is 12.1. The van der Waals surface area contributed by atoms with E-state index in [1.807, 2.05) is 38.1 Å². The average molecular weight is 349 g/mol. The normalized spacial score (nSPS) is 14.1. The van der Waals surface area contributed by atoms with E-state index in [1.54, 1.807) is 0 Å². The van der Waals surface area contributed by atoms with Crippen molar-refractivity contribution in [2.24, 2.45) is 5.92 Å². The summed E-state index contributed by atoms with van der Waals surface area (Å²) in [5.41, 5.74) is 2.17. The number of carbonyl (C=O) groups is 2. The first-order chi connectivity index (χ1) is 11.5. The summed E-state index contributed by atoms with van der Waals surface area (Å²) in [5.74, 6) is -0.886. The Morgan fingerprint density at radius 1 is 1.16 bits per heavy atom. The maximum atomic E-state index is 12.1. The van der Waals surface area contributed by atoms with Gasteiger partial charge in [-0.3, -0.25) is 4.79 Å². The van der Waals surface area contributed by atoms with Crippen LogP contribution in [0.5, 0.6) is 0 Å². The molecule has 0 saturated carbocycles. The van der Waals surface area contributed by atoms with Crippen molar-refractivity contribution < 1.29 is 19.4 Å². The van der Waals surface area contributed by atoms with Crippen molar-refractivity contribution in [1.29, 1.82) is 0 Å². The standard InChI is InChI=1S/C20H31NO4/c1-13(2)11-17(22)18(23)21-16(19(24)25-6)12-14-7-9-15(10-8-14)20(3,4)5/h7-10,13,16-17,22H,11-12H2,1-6H3,(H,21,23)/t16-,17+/m0/s1. The van der Waals surface area contributed by atoms with Gasteiger partial charge in [-0.05, 0) is 28.9 Å². The zero-order valence-electron chi connectivity index (χ0n) is 16.1. The van der Waals surface area contributed by atoms with Gasteiger partial charge >= 0.3 is 5.97 Å². The third-order valence-corrected chi connectivity index (χ3v) is 4.06. The molecule has 0 bridgehead atoms. The van der Waals surface area contributed by atoms with Crippen LogP contribution in [0, 0.1) is 5.92 Å². The molecule has 25 heavy (non-hydrogen) atoms. The molecule has 1 aromatic rings. The van der Waals surface area contributed by atoms with Crippen LogP contribution in [-0.4, -0.2) is 36.2 Å². The summed E-state index contributed by atoms with van der Waals surface area (Å²) in [4.78, 5) is 24.1. The largest absolute Gasteiger partial charge is 0.467 e. The molecule has 1 rings (SSSR count). The molecule has 0 aromatic heterocycles. The third kappa shape index (κ3) is 6.86. The van der Waals surface area contributed by atoms with E-state index < -0.39 is 24.0 Å². The van der Waals surface area contributed by atoms with Crippen molar-refractivity contribution in [3.8, 4) is 0 Å². The van der Waals surface area contributed by atoms with E-state index in [0.29, 0.717) is 12.8 Å². The minimum atomic E-state index is -1.13. The number of ether oxygens (including phenoxy) is 1. The van der Waals surface area contributed by atoms with Crippen molar-refractivity contribution in [1.82, 2.24) is 5.32 Å². The topological polar surface area (TPSA) is 75.6 Å². The molecule has 140 valence electrons. The number of carbonyl (C=O) groups excluding carboxylic acids is 2. The molecule has 0 spiro atoms. The highest BCUT2D eigenvalue weighted by Crippen LogP contribution is 2.22. The lowest BCUT2D eigenvalue weighted by Crippen LogP contribution is -2.47. The van der Waals surface area contributed by atoms with E-state index in [4.69, 9.17) is 4.74 Å². The summed E-state index contributed by atoms with van der Waals surface area (Å²) in [6.07, 6.45) is -0.465. The molecule has 0 aliphatic heterocycles. The molecule has 2 atom stereocenters. The second-order valence-corrected chi connectivity index (χ2v) is 7.88. The Morgan fingerprint density at radius 3 is 2.16 bits per heavy atom. The molecule has 0 aliphatic rings. The second-order valence-electron chi connectivity index (χ2n) is 7.88. The highest BCUT2D eigenvalue weighted by atomic mass is 16.5. The first kappa shape index (κ1) is 21.2. The third-order valence-electron chi connectivity index (χ3n) is 4.06. The summed E-state index contributed by atoms with van der Waals surface area (Å²) in [5, 5.41) is 12.5. The lowest BCUT2D eigenvalue weighted by Gasteiger charge is -2.21. The molecule has 0 radical (unpaired) electrons. The molecule has 1 aromatic carbocycles. The predicted molar refractivity (Wildman–Crippen MR) is 98.3 cm³/mol. The average Bonchev–Trinajstić information content (AvgIpc) is 2.52. The summed E-state index contributed by atoms with van der Waals surface area (Å²) in [7, 11) is 1.29. The van der Waals surface area contributed by atoms with E-state index >= 15 is 0 Å². The molecule has 5 heteroatoms. The van der Waals surface area contributed by atoms with E-state index in [2.05, 4.69) is 26.1 Å². The van der Waals surface area contributed by atoms with Crippen LogP contribution in [0.2, 0.25) is 0 Å². The highest BCUT2D eigenvalue weighted by molar-refractivity contribution is 5.87. The van der Waals surface area contributed by atoms with E-state index in [1.165, 1.54) is 12.7 Å². The summed E-state index contributed by atoms with van der Waals surface area (Å²) in [6, 6.07) is 7.14. The Morgan fingerprint density at radius 2 is 1.72 bits per heavy atom. The molecule has 0 heterocycles. The first-order valence-electron chi connectivity index (χ1n) is 8.70. The fraction of sp³-hybridized carbons (Fsp3) is 0.600. The Kier molecular flexibility index (Phi) is 7.61. The molecule has 5 nitrogen and oxygen atoms in total. The van der Waals surface area contributed by atoms with Gasteiger partial charge in [0.25, 0.3) is 0 Å².